The van der Waals surface area contributed by atoms with Crippen LogP contribution in [0.5, 0.6) is 0 Å². The van der Waals surface area contributed by atoms with Gasteiger partial charge in [0.25, 0.3) is 0 Å². The number of likely N-dealkylation sites (N-methyl/N-ethyl adjacent to an activating group) is 1. The summed E-state index contributed by atoms with van der Waals surface area (Å²) in [5.41, 5.74) is 9.10. The first-order valence-electron chi connectivity index (χ1n) is 10.5. The van der Waals surface area contributed by atoms with E-state index in [9.17, 15) is 0 Å². The number of hydrogen-bond donors (Lipinski definition) is 0. The Morgan fingerprint density at radius 1 is 0.964 bits per heavy atom. The lowest BCUT2D eigenvalue weighted by Crippen LogP contribution is -2.31. The van der Waals surface area contributed by atoms with Crippen molar-refractivity contribution in [3.8, 4) is 11.3 Å². The smallest absolute Gasteiger partial charge is 0.179 e. The van der Waals surface area contributed by atoms with Crippen molar-refractivity contribution in [2.24, 2.45) is 0 Å². The fraction of sp³-hybridized carbons (Fsp3) is 0.458. The Kier molecular flexibility index (Phi) is 4.39. The van der Waals surface area contributed by atoms with Gasteiger partial charge in [0.05, 0.1) is 11.4 Å². The summed E-state index contributed by atoms with van der Waals surface area (Å²) in [6, 6.07) is 8.87. The molecule has 1 aliphatic carbocycles. The second-order valence-corrected chi connectivity index (χ2v) is 8.74. The van der Waals surface area contributed by atoms with Crippen molar-refractivity contribution in [1.29, 1.82) is 0 Å². The number of aromatic nitrogens is 3. The van der Waals surface area contributed by atoms with Gasteiger partial charge in [0.1, 0.15) is 5.52 Å². The summed E-state index contributed by atoms with van der Waals surface area (Å²) < 4.78 is 0. The summed E-state index contributed by atoms with van der Waals surface area (Å²) >= 11 is 0. The summed E-state index contributed by atoms with van der Waals surface area (Å²) in [5, 5.41) is 0. The molecule has 0 N–H and O–H groups in total. The first-order chi connectivity index (χ1) is 13.6. The summed E-state index contributed by atoms with van der Waals surface area (Å²) in [5.74, 6) is 1.24. The number of benzene rings is 1. The lowest BCUT2D eigenvalue weighted by atomic mass is 9.94. The van der Waals surface area contributed by atoms with Gasteiger partial charge < -0.3 is 4.90 Å². The predicted octanol–water partition coefficient (Wildman–Crippen LogP) is 5.00. The molecule has 5 rings (SSSR count). The Balaban J connectivity index is 1.54. The monoisotopic (exact) mass is 372 g/mol. The molecule has 1 aliphatic heterocycles. The van der Waals surface area contributed by atoms with E-state index >= 15 is 0 Å². The number of pyridine rings is 1. The summed E-state index contributed by atoms with van der Waals surface area (Å²) in [6.07, 6.45) is 7.03. The van der Waals surface area contributed by atoms with E-state index in [0.29, 0.717) is 5.92 Å². The van der Waals surface area contributed by atoms with Gasteiger partial charge in [0.15, 0.2) is 5.65 Å². The second kappa shape index (κ2) is 6.93. The molecule has 2 aliphatic rings. The van der Waals surface area contributed by atoms with E-state index < -0.39 is 0 Å². The molecule has 1 atom stereocenters. The third kappa shape index (κ3) is 3.30. The molecule has 1 saturated carbocycles. The zero-order chi connectivity index (χ0) is 19.3. The molecule has 2 aromatic heterocycles. The molecule has 3 aromatic rings. The molecular weight excluding hydrogens is 344 g/mol. The van der Waals surface area contributed by atoms with Crippen molar-refractivity contribution < 1.29 is 0 Å². The van der Waals surface area contributed by atoms with Crippen LogP contribution in [0.15, 0.2) is 30.5 Å². The Morgan fingerprint density at radius 2 is 1.75 bits per heavy atom. The molecule has 1 unspecified atom stereocenters. The van der Waals surface area contributed by atoms with E-state index in [4.69, 9.17) is 9.97 Å². The molecule has 28 heavy (non-hydrogen) atoms. The third-order valence-electron chi connectivity index (χ3n) is 6.33. The highest BCUT2D eigenvalue weighted by atomic mass is 15.1. The Morgan fingerprint density at radius 3 is 2.46 bits per heavy atom. The highest BCUT2D eigenvalue weighted by molar-refractivity contribution is 5.77. The summed E-state index contributed by atoms with van der Waals surface area (Å²) in [4.78, 5) is 16.9. The van der Waals surface area contributed by atoms with Crippen LogP contribution in [0.4, 0.5) is 0 Å². The molecule has 0 spiro atoms. The van der Waals surface area contributed by atoms with Crippen molar-refractivity contribution in [3.63, 3.8) is 0 Å². The molecule has 0 radical (unpaired) electrons. The van der Waals surface area contributed by atoms with E-state index in [1.165, 1.54) is 54.5 Å². The van der Waals surface area contributed by atoms with Gasteiger partial charge in [0, 0.05) is 24.2 Å². The number of aryl methyl sites for hydroxylation is 2. The van der Waals surface area contributed by atoms with Crippen LogP contribution < -0.4 is 0 Å². The maximum absolute atomic E-state index is 4.94. The standard InChI is InChI=1S/C24H28N4/c1-15-11-19(17-6-7-17)12-16(2)23(15)20-8-9-21-24(26-20)27-22(13-25-21)18-5-4-10-28(3)14-18/h8-9,11-13,17-18H,4-7,10,14H2,1-3H3. The number of fused-ring (bicyclic) bond motifs is 1. The van der Waals surface area contributed by atoms with E-state index in [0.717, 1.165) is 35.0 Å². The number of rotatable bonds is 3. The quantitative estimate of drug-likeness (QED) is 0.649. The minimum atomic E-state index is 0.461. The maximum Gasteiger partial charge on any atom is 0.179 e. The summed E-state index contributed by atoms with van der Waals surface area (Å²) in [7, 11) is 2.19. The van der Waals surface area contributed by atoms with Crippen molar-refractivity contribution in [1.82, 2.24) is 19.9 Å². The average molecular weight is 373 g/mol. The molecule has 1 aromatic carbocycles. The van der Waals surface area contributed by atoms with Crippen LogP contribution in [0.2, 0.25) is 0 Å². The van der Waals surface area contributed by atoms with Crippen molar-refractivity contribution in [2.75, 3.05) is 20.1 Å². The molecule has 4 heteroatoms. The van der Waals surface area contributed by atoms with Crippen LogP contribution in [-0.4, -0.2) is 40.0 Å². The molecule has 144 valence electrons. The van der Waals surface area contributed by atoms with E-state index in [2.05, 4.69) is 55.0 Å². The third-order valence-corrected chi connectivity index (χ3v) is 6.33. The topological polar surface area (TPSA) is 41.9 Å². The highest BCUT2D eigenvalue weighted by Crippen LogP contribution is 2.42. The number of hydrogen-bond acceptors (Lipinski definition) is 4. The van der Waals surface area contributed by atoms with Crippen LogP contribution >= 0.6 is 0 Å². The number of likely N-dealkylation sites (tertiary alicyclic amines) is 1. The first-order valence-corrected chi connectivity index (χ1v) is 10.5. The Labute approximate surface area is 167 Å². The van der Waals surface area contributed by atoms with Crippen LogP contribution in [-0.2, 0) is 0 Å². The normalized spacial score (nSPS) is 20.6. The van der Waals surface area contributed by atoms with Gasteiger partial charge >= 0.3 is 0 Å². The molecular formula is C24H28N4. The van der Waals surface area contributed by atoms with Crippen LogP contribution in [0.3, 0.4) is 0 Å². The van der Waals surface area contributed by atoms with Gasteiger partial charge in [-0.3, -0.25) is 4.98 Å². The largest absolute Gasteiger partial charge is 0.306 e. The SMILES string of the molecule is Cc1cc(C2CC2)cc(C)c1-c1ccc2ncc(C3CCCN(C)C3)nc2n1. The van der Waals surface area contributed by atoms with Crippen molar-refractivity contribution in [2.45, 2.75) is 51.4 Å². The lowest BCUT2D eigenvalue weighted by Gasteiger charge is -2.29. The number of piperidine rings is 1. The molecule has 0 bridgehead atoms. The van der Waals surface area contributed by atoms with E-state index in [-0.39, 0.29) is 0 Å². The molecule has 0 amide bonds. The Hall–Kier alpha value is -2.33. The van der Waals surface area contributed by atoms with Gasteiger partial charge in [0.2, 0.25) is 0 Å². The minimum absolute atomic E-state index is 0.461. The molecule has 1 saturated heterocycles. The van der Waals surface area contributed by atoms with Crippen LogP contribution in [0, 0.1) is 13.8 Å². The van der Waals surface area contributed by atoms with Gasteiger partial charge in [-0.15, -0.1) is 0 Å². The van der Waals surface area contributed by atoms with Gasteiger partial charge in [-0.05, 0) is 87.9 Å². The van der Waals surface area contributed by atoms with Crippen molar-refractivity contribution >= 4 is 11.2 Å². The van der Waals surface area contributed by atoms with Gasteiger partial charge in [-0.25, -0.2) is 9.97 Å². The molecule has 3 heterocycles. The van der Waals surface area contributed by atoms with Gasteiger partial charge in [-0.2, -0.15) is 0 Å². The zero-order valence-corrected chi connectivity index (χ0v) is 17.1. The fourth-order valence-electron chi connectivity index (χ4n) is 4.71. The zero-order valence-electron chi connectivity index (χ0n) is 17.1. The van der Waals surface area contributed by atoms with Crippen LogP contribution in [0.25, 0.3) is 22.4 Å². The minimum Gasteiger partial charge on any atom is -0.306 e. The molecule has 4 nitrogen and oxygen atoms in total. The predicted molar refractivity (Wildman–Crippen MR) is 114 cm³/mol. The van der Waals surface area contributed by atoms with E-state index in [1.54, 1.807) is 0 Å². The second-order valence-electron chi connectivity index (χ2n) is 8.74. The van der Waals surface area contributed by atoms with Crippen molar-refractivity contribution in [3.05, 3.63) is 52.8 Å². The average Bonchev–Trinajstić information content (AvgIpc) is 3.52. The highest BCUT2D eigenvalue weighted by Gasteiger charge is 2.25. The van der Waals surface area contributed by atoms with E-state index in [1.807, 2.05) is 6.20 Å². The van der Waals surface area contributed by atoms with Gasteiger partial charge in [-0.1, -0.05) is 12.1 Å². The lowest BCUT2D eigenvalue weighted by molar-refractivity contribution is 0.248. The maximum atomic E-state index is 4.94. The molecule has 2 fully saturated rings. The Bertz CT molecular complexity index is 1010. The number of nitrogens with zero attached hydrogens (tertiary/aromatic N) is 4. The first kappa shape index (κ1) is 17.7. The van der Waals surface area contributed by atoms with Crippen LogP contribution in [0.1, 0.15) is 59.9 Å². The fourth-order valence-corrected chi connectivity index (χ4v) is 4.71. The summed E-state index contributed by atoms with van der Waals surface area (Å²) in [6.45, 7) is 6.65.